The summed E-state index contributed by atoms with van der Waals surface area (Å²) in [5.41, 5.74) is 3.36. The van der Waals surface area contributed by atoms with Crippen LogP contribution in [-0.4, -0.2) is 51.3 Å². The third-order valence-electron chi connectivity index (χ3n) is 6.97. The summed E-state index contributed by atoms with van der Waals surface area (Å²) in [4.78, 5) is 31.0. The molecule has 4 rings (SSSR count). The van der Waals surface area contributed by atoms with Crippen molar-refractivity contribution in [1.82, 2.24) is 25.3 Å². The first-order valence-electron chi connectivity index (χ1n) is 14.8. The second-order valence-electron chi connectivity index (χ2n) is 11.7. The van der Waals surface area contributed by atoms with E-state index in [1.165, 1.54) is 7.11 Å². The van der Waals surface area contributed by atoms with E-state index in [1.807, 2.05) is 53.8 Å². The lowest BCUT2D eigenvalue weighted by atomic mass is 9.86. The average molecular weight is 586 g/mol. The van der Waals surface area contributed by atoms with Crippen molar-refractivity contribution in [2.75, 3.05) is 24.3 Å². The minimum Gasteiger partial charge on any atom is -0.453 e. The molecule has 1 amide bonds. The van der Waals surface area contributed by atoms with Crippen LogP contribution < -0.4 is 16.0 Å². The molecule has 0 spiro atoms. The zero-order chi connectivity index (χ0) is 31.0. The van der Waals surface area contributed by atoms with Crippen molar-refractivity contribution >= 4 is 39.4 Å². The quantitative estimate of drug-likeness (QED) is 0.256. The first-order valence-corrected chi connectivity index (χ1v) is 15.7. The molecular formula is C31H51N7O2S. The number of nitrogens with zero attached hydrogens (tertiary/aromatic N) is 4. The molecule has 0 radical (unpaired) electrons. The van der Waals surface area contributed by atoms with Crippen LogP contribution >= 0.6 is 11.3 Å². The van der Waals surface area contributed by atoms with Crippen molar-refractivity contribution in [3.05, 3.63) is 23.7 Å². The number of hydrogen-bond acceptors (Lipinski definition) is 9. The number of anilines is 2. The van der Waals surface area contributed by atoms with E-state index in [1.54, 1.807) is 11.3 Å². The minimum absolute atomic E-state index is 0.0952. The third-order valence-corrected chi connectivity index (χ3v) is 8.01. The van der Waals surface area contributed by atoms with Gasteiger partial charge in [-0.2, -0.15) is 4.98 Å². The average Bonchev–Trinajstić information content (AvgIpc) is 3.57. The van der Waals surface area contributed by atoms with Gasteiger partial charge in [0.25, 0.3) is 0 Å². The summed E-state index contributed by atoms with van der Waals surface area (Å²) in [5.74, 6) is 1.71. The van der Waals surface area contributed by atoms with Gasteiger partial charge < -0.3 is 20.7 Å². The number of thiazole rings is 1. The largest absolute Gasteiger partial charge is 0.453 e. The maximum atomic E-state index is 11.9. The SMILES string of the molecule is CC.CC.COC(=O)NC(C)(C)C1CC[C@H](Nc2nc(NCC(C)(C)C)nc(C)c2-c2nc3c(C)nccc3s2)C1. The van der Waals surface area contributed by atoms with Crippen LogP contribution in [0.4, 0.5) is 16.6 Å². The second kappa shape index (κ2) is 14.8. The highest BCUT2D eigenvalue weighted by atomic mass is 32.1. The first-order chi connectivity index (χ1) is 19.4. The number of nitrogens with one attached hydrogen (secondary N) is 3. The van der Waals surface area contributed by atoms with Crippen LogP contribution in [0.5, 0.6) is 0 Å². The molecule has 0 saturated heterocycles. The molecule has 1 unspecified atom stereocenters. The van der Waals surface area contributed by atoms with E-state index in [0.29, 0.717) is 11.9 Å². The van der Waals surface area contributed by atoms with Crippen LogP contribution in [0.3, 0.4) is 0 Å². The zero-order valence-corrected chi connectivity index (χ0v) is 28.0. The minimum atomic E-state index is -0.398. The summed E-state index contributed by atoms with van der Waals surface area (Å²) < 4.78 is 5.94. The van der Waals surface area contributed by atoms with Crippen molar-refractivity contribution < 1.29 is 9.53 Å². The van der Waals surface area contributed by atoms with E-state index < -0.39 is 6.09 Å². The molecule has 228 valence electrons. The second-order valence-corrected chi connectivity index (χ2v) is 12.8. The Balaban J connectivity index is 0.00000141. The van der Waals surface area contributed by atoms with Gasteiger partial charge >= 0.3 is 6.09 Å². The van der Waals surface area contributed by atoms with Crippen LogP contribution in [0.15, 0.2) is 12.3 Å². The van der Waals surface area contributed by atoms with Gasteiger partial charge in [-0.05, 0) is 64.4 Å². The highest BCUT2D eigenvalue weighted by molar-refractivity contribution is 7.21. The summed E-state index contributed by atoms with van der Waals surface area (Å²) in [5, 5.41) is 11.0. The van der Waals surface area contributed by atoms with Crippen LogP contribution in [0.25, 0.3) is 20.8 Å². The Kier molecular flexibility index (Phi) is 12.3. The third kappa shape index (κ3) is 8.99. The van der Waals surface area contributed by atoms with Gasteiger partial charge in [0, 0.05) is 24.3 Å². The molecule has 3 N–H and O–H groups in total. The van der Waals surface area contributed by atoms with E-state index in [-0.39, 0.29) is 17.0 Å². The Morgan fingerprint density at radius 3 is 2.32 bits per heavy atom. The number of aromatic nitrogens is 4. The summed E-state index contributed by atoms with van der Waals surface area (Å²) >= 11 is 1.64. The van der Waals surface area contributed by atoms with Crippen molar-refractivity contribution in [2.24, 2.45) is 11.3 Å². The maximum absolute atomic E-state index is 11.9. The van der Waals surface area contributed by atoms with Crippen molar-refractivity contribution in [1.29, 1.82) is 0 Å². The molecule has 1 fully saturated rings. The lowest BCUT2D eigenvalue weighted by Crippen LogP contribution is -2.48. The molecule has 3 aromatic heterocycles. The molecule has 3 heterocycles. The number of hydrogen-bond donors (Lipinski definition) is 3. The van der Waals surface area contributed by atoms with Gasteiger partial charge in [-0.3, -0.25) is 4.98 Å². The van der Waals surface area contributed by atoms with E-state index in [4.69, 9.17) is 19.7 Å². The van der Waals surface area contributed by atoms with E-state index in [9.17, 15) is 4.79 Å². The molecule has 3 aromatic rings. The number of alkyl carbamates (subject to hydrolysis) is 1. The lowest BCUT2D eigenvalue weighted by Gasteiger charge is -2.32. The highest BCUT2D eigenvalue weighted by Gasteiger charge is 2.38. The molecule has 1 aliphatic carbocycles. The number of pyridine rings is 1. The number of carbonyl (C=O) groups excluding carboxylic acids is 1. The molecule has 1 aliphatic rings. The Morgan fingerprint density at radius 2 is 1.71 bits per heavy atom. The fraction of sp³-hybridized carbons (Fsp3) is 0.645. The fourth-order valence-electron chi connectivity index (χ4n) is 4.82. The molecule has 1 saturated carbocycles. The van der Waals surface area contributed by atoms with Crippen LogP contribution in [0, 0.1) is 25.2 Å². The molecule has 10 heteroatoms. The Labute approximate surface area is 250 Å². The standard InChI is InChI=1S/C27H39N7O2S.2C2H6/c1-15-20(23-32-21-16(2)28-12-11-19(21)37-23)22(33-24(30-15)29-14-26(3,4)5)31-18-10-9-17(13-18)27(6,7)34-25(35)36-8;2*1-2/h11-12,17-18H,9-10,13-14H2,1-8H3,(H,34,35)(H2,29,30,31,33);2*1-2H3/t17?,18-;;/m0../s1. The number of carbonyl (C=O) groups is 1. The molecule has 41 heavy (non-hydrogen) atoms. The maximum Gasteiger partial charge on any atom is 0.407 e. The van der Waals surface area contributed by atoms with Gasteiger partial charge in [0.1, 0.15) is 16.3 Å². The molecular weight excluding hydrogens is 534 g/mol. The summed E-state index contributed by atoms with van der Waals surface area (Å²) in [6.07, 6.45) is 4.31. The zero-order valence-electron chi connectivity index (χ0n) is 27.2. The number of amides is 1. The van der Waals surface area contributed by atoms with E-state index in [0.717, 1.165) is 63.8 Å². The van der Waals surface area contributed by atoms with Gasteiger partial charge in [-0.1, -0.05) is 48.5 Å². The predicted molar refractivity (Wildman–Crippen MR) is 173 cm³/mol. The van der Waals surface area contributed by atoms with Gasteiger partial charge in [-0.15, -0.1) is 11.3 Å². The monoisotopic (exact) mass is 585 g/mol. The molecule has 2 atom stereocenters. The normalized spacial score (nSPS) is 16.7. The number of methoxy groups -OCH3 is 1. The van der Waals surface area contributed by atoms with Crippen LogP contribution in [0.1, 0.15) is 93.0 Å². The summed E-state index contributed by atoms with van der Waals surface area (Å²) in [6.45, 7) is 23.4. The Hall–Kier alpha value is -3.01. The molecule has 0 aromatic carbocycles. The fourth-order valence-corrected chi connectivity index (χ4v) is 5.93. The van der Waals surface area contributed by atoms with Crippen molar-refractivity contribution in [3.63, 3.8) is 0 Å². The number of fused-ring (bicyclic) bond motifs is 1. The van der Waals surface area contributed by atoms with Crippen LogP contribution in [-0.2, 0) is 4.74 Å². The molecule has 9 nitrogen and oxygen atoms in total. The number of rotatable bonds is 7. The number of aryl methyl sites for hydroxylation is 2. The van der Waals surface area contributed by atoms with Gasteiger partial charge in [0.2, 0.25) is 5.95 Å². The van der Waals surface area contributed by atoms with Gasteiger partial charge in [0.15, 0.2) is 0 Å². The number of ether oxygens (including phenoxy) is 1. The van der Waals surface area contributed by atoms with E-state index >= 15 is 0 Å². The van der Waals surface area contributed by atoms with Gasteiger partial charge in [-0.25, -0.2) is 14.8 Å². The van der Waals surface area contributed by atoms with E-state index in [2.05, 4.69) is 55.6 Å². The predicted octanol–water partition coefficient (Wildman–Crippen LogP) is 7.99. The van der Waals surface area contributed by atoms with Crippen molar-refractivity contribution in [2.45, 2.75) is 107 Å². The first kappa shape index (κ1) is 34.2. The smallest absolute Gasteiger partial charge is 0.407 e. The Bertz CT molecular complexity index is 1280. The topological polar surface area (TPSA) is 114 Å². The Morgan fingerprint density at radius 1 is 1.02 bits per heavy atom. The van der Waals surface area contributed by atoms with Crippen LogP contribution in [0.2, 0.25) is 0 Å². The van der Waals surface area contributed by atoms with Crippen molar-refractivity contribution in [3.8, 4) is 10.6 Å². The molecule has 0 aliphatic heterocycles. The molecule has 0 bridgehead atoms. The summed E-state index contributed by atoms with van der Waals surface area (Å²) in [6, 6.07) is 2.22. The lowest BCUT2D eigenvalue weighted by molar-refractivity contribution is 0.147. The van der Waals surface area contributed by atoms with Gasteiger partial charge in [0.05, 0.1) is 28.8 Å². The highest BCUT2D eigenvalue weighted by Crippen LogP contribution is 2.40. The summed E-state index contributed by atoms with van der Waals surface area (Å²) in [7, 11) is 1.40.